The molecule has 0 saturated carbocycles. The summed E-state index contributed by atoms with van der Waals surface area (Å²) in [5.41, 5.74) is 0.865. The van der Waals surface area contributed by atoms with E-state index in [0.717, 1.165) is 15.1 Å². The summed E-state index contributed by atoms with van der Waals surface area (Å²) in [4.78, 5) is 13.2. The summed E-state index contributed by atoms with van der Waals surface area (Å²) >= 11 is 8.39. The molecule has 18 heavy (non-hydrogen) atoms. The molecule has 0 aromatic carbocycles. The lowest BCUT2D eigenvalue weighted by Gasteiger charge is -2.20. The largest absolute Gasteiger partial charge is 0.331 e. The minimum atomic E-state index is -0.0803. The van der Waals surface area contributed by atoms with Gasteiger partial charge in [-0.05, 0) is 22.6 Å². The monoisotopic (exact) mass is 376 g/mol. The Morgan fingerprint density at radius 1 is 1.28 bits per heavy atom. The van der Waals surface area contributed by atoms with E-state index in [4.69, 9.17) is 11.6 Å². The molecule has 96 valence electrons. The summed E-state index contributed by atoms with van der Waals surface area (Å²) in [5, 5.41) is 0.480. The fourth-order valence-corrected chi connectivity index (χ4v) is 2.82. The zero-order chi connectivity index (χ0) is 13.5. The molecule has 6 heteroatoms. The van der Waals surface area contributed by atoms with Crippen molar-refractivity contribution in [1.82, 2.24) is 19.5 Å². The summed E-state index contributed by atoms with van der Waals surface area (Å²) in [7, 11) is 1.91. The number of aromatic nitrogens is 4. The van der Waals surface area contributed by atoms with Crippen LogP contribution in [0.4, 0.5) is 0 Å². The summed E-state index contributed by atoms with van der Waals surface area (Å²) in [5.74, 6) is 1.29. The maximum Gasteiger partial charge on any atom is 0.197 e. The molecule has 2 heterocycles. The van der Waals surface area contributed by atoms with E-state index < -0.39 is 0 Å². The third-order valence-corrected chi connectivity index (χ3v) is 4.16. The van der Waals surface area contributed by atoms with Crippen LogP contribution in [0, 0.1) is 3.57 Å². The van der Waals surface area contributed by atoms with Gasteiger partial charge in [0, 0.05) is 24.9 Å². The highest BCUT2D eigenvalue weighted by atomic mass is 127. The molecule has 0 aliphatic heterocycles. The van der Waals surface area contributed by atoms with Gasteiger partial charge in [-0.25, -0.2) is 15.0 Å². The van der Waals surface area contributed by atoms with Crippen molar-refractivity contribution >= 4 is 34.2 Å². The van der Waals surface area contributed by atoms with Gasteiger partial charge in [-0.15, -0.1) is 0 Å². The summed E-state index contributed by atoms with van der Waals surface area (Å²) < 4.78 is 2.78. The van der Waals surface area contributed by atoms with Crippen LogP contribution in [0.15, 0.2) is 12.4 Å². The normalized spacial score (nSPS) is 11.9. The van der Waals surface area contributed by atoms with Gasteiger partial charge >= 0.3 is 0 Å². The lowest BCUT2D eigenvalue weighted by atomic mass is 9.92. The van der Waals surface area contributed by atoms with Crippen molar-refractivity contribution in [3.05, 3.63) is 26.8 Å². The molecule has 4 nitrogen and oxygen atoms in total. The van der Waals surface area contributed by atoms with Crippen LogP contribution < -0.4 is 0 Å². The van der Waals surface area contributed by atoms with E-state index in [2.05, 4.69) is 58.3 Å². The molecule has 0 radical (unpaired) electrons. The summed E-state index contributed by atoms with van der Waals surface area (Å²) in [6.07, 6.45) is 3.59. The smallest absolute Gasteiger partial charge is 0.197 e. The minimum absolute atomic E-state index is 0.0803. The number of hydrogen-bond acceptors (Lipinski definition) is 3. The van der Waals surface area contributed by atoms with E-state index in [1.54, 1.807) is 6.20 Å². The Bertz CT molecular complexity index is 586. The first-order valence-corrected chi connectivity index (χ1v) is 6.97. The molecule has 0 saturated heterocycles. The van der Waals surface area contributed by atoms with Crippen LogP contribution in [0.2, 0.25) is 5.15 Å². The zero-order valence-corrected chi connectivity index (χ0v) is 13.6. The number of imidazole rings is 1. The summed E-state index contributed by atoms with van der Waals surface area (Å²) in [6.45, 7) is 6.32. The predicted molar refractivity (Wildman–Crippen MR) is 80.7 cm³/mol. The second-order valence-electron chi connectivity index (χ2n) is 5.11. The van der Waals surface area contributed by atoms with Gasteiger partial charge in [0.25, 0.3) is 0 Å². The average Bonchev–Trinajstić information content (AvgIpc) is 2.66. The van der Waals surface area contributed by atoms with Crippen LogP contribution in [-0.4, -0.2) is 19.5 Å². The topological polar surface area (TPSA) is 43.6 Å². The zero-order valence-electron chi connectivity index (χ0n) is 10.7. The van der Waals surface area contributed by atoms with Crippen LogP contribution in [0.25, 0.3) is 11.6 Å². The van der Waals surface area contributed by atoms with Gasteiger partial charge in [-0.1, -0.05) is 32.4 Å². The molecular formula is C12H14ClIN4. The molecule has 0 fully saturated rings. The highest BCUT2D eigenvalue weighted by Gasteiger charge is 2.23. The number of hydrogen-bond donors (Lipinski definition) is 0. The molecule has 2 aromatic heterocycles. The lowest BCUT2D eigenvalue weighted by Crippen LogP contribution is -2.17. The Balaban J connectivity index is 2.66. The van der Waals surface area contributed by atoms with Gasteiger partial charge in [0.15, 0.2) is 11.6 Å². The van der Waals surface area contributed by atoms with E-state index in [1.807, 2.05) is 17.8 Å². The Kier molecular flexibility index (Phi) is 3.64. The van der Waals surface area contributed by atoms with Crippen LogP contribution >= 0.6 is 34.2 Å². The van der Waals surface area contributed by atoms with Crippen LogP contribution in [-0.2, 0) is 12.5 Å². The molecule has 0 unspecified atom stereocenters. The molecule has 2 aromatic rings. The second-order valence-corrected chi connectivity index (χ2v) is 6.55. The quantitative estimate of drug-likeness (QED) is 0.566. The fraction of sp³-hybridized carbons (Fsp3) is 0.417. The first kappa shape index (κ1) is 13.7. The molecule has 0 atom stereocenters. The van der Waals surface area contributed by atoms with Crippen molar-refractivity contribution < 1.29 is 0 Å². The van der Waals surface area contributed by atoms with Gasteiger partial charge in [-0.2, -0.15) is 0 Å². The molecule has 0 bridgehead atoms. The standard InChI is InChI=1S/C12H14ClIN4/c1-12(2,3)8-7(14)9(13)17-10(16-8)11-15-5-6-18(11)4/h5-6H,1-4H3. The first-order valence-electron chi connectivity index (χ1n) is 5.52. The molecule has 2 rings (SSSR count). The average molecular weight is 377 g/mol. The van der Waals surface area contributed by atoms with Gasteiger partial charge in [0.2, 0.25) is 0 Å². The molecule has 0 spiro atoms. The summed E-state index contributed by atoms with van der Waals surface area (Å²) in [6, 6.07) is 0. The van der Waals surface area contributed by atoms with Gasteiger partial charge in [0.1, 0.15) is 5.15 Å². The Labute approximate surface area is 125 Å². The van der Waals surface area contributed by atoms with Crippen LogP contribution in [0.5, 0.6) is 0 Å². The Hall–Kier alpha value is -0.690. The highest BCUT2D eigenvalue weighted by Crippen LogP contribution is 2.30. The van der Waals surface area contributed by atoms with E-state index in [9.17, 15) is 0 Å². The molecule has 0 aliphatic carbocycles. The third kappa shape index (κ3) is 2.51. The van der Waals surface area contributed by atoms with Crippen molar-refractivity contribution in [1.29, 1.82) is 0 Å². The van der Waals surface area contributed by atoms with Crippen molar-refractivity contribution in [2.45, 2.75) is 26.2 Å². The lowest BCUT2D eigenvalue weighted by molar-refractivity contribution is 0.563. The van der Waals surface area contributed by atoms with Crippen molar-refractivity contribution in [3.8, 4) is 11.6 Å². The minimum Gasteiger partial charge on any atom is -0.331 e. The SMILES string of the molecule is Cn1ccnc1-c1nc(Cl)c(I)c(C(C)(C)C)n1. The molecule has 0 aliphatic rings. The first-order chi connectivity index (χ1) is 8.30. The van der Waals surface area contributed by atoms with Crippen LogP contribution in [0.1, 0.15) is 26.5 Å². The maximum absolute atomic E-state index is 6.20. The fourth-order valence-electron chi connectivity index (χ4n) is 1.60. The number of aryl methyl sites for hydroxylation is 1. The van der Waals surface area contributed by atoms with E-state index in [-0.39, 0.29) is 5.41 Å². The number of halogens is 2. The highest BCUT2D eigenvalue weighted by molar-refractivity contribution is 14.1. The maximum atomic E-state index is 6.20. The third-order valence-electron chi connectivity index (χ3n) is 2.54. The molecule has 0 N–H and O–H groups in total. The Morgan fingerprint density at radius 2 is 1.94 bits per heavy atom. The Morgan fingerprint density at radius 3 is 2.44 bits per heavy atom. The molecule has 0 amide bonds. The van der Waals surface area contributed by atoms with Gasteiger partial charge in [0.05, 0.1) is 9.26 Å². The van der Waals surface area contributed by atoms with Gasteiger partial charge in [-0.3, -0.25) is 0 Å². The van der Waals surface area contributed by atoms with Gasteiger partial charge < -0.3 is 4.57 Å². The molecular weight excluding hydrogens is 363 g/mol. The number of nitrogens with zero attached hydrogens (tertiary/aromatic N) is 4. The van der Waals surface area contributed by atoms with E-state index in [0.29, 0.717) is 11.0 Å². The van der Waals surface area contributed by atoms with E-state index in [1.165, 1.54) is 0 Å². The van der Waals surface area contributed by atoms with Crippen molar-refractivity contribution in [2.24, 2.45) is 7.05 Å². The second kappa shape index (κ2) is 4.77. The van der Waals surface area contributed by atoms with Crippen molar-refractivity contribution in [3.63, 3.8) is 0 Å². The van der Waals surface area contributed by atoms with Crippen molar-refractivity contribution in [2.75, 3.05) is 0 Å². The number of rotatable bonds is 1. The predicted octanol–water partition coefficient (Wildman–Crippen LogP) is 3.43. The van der Waals surface area contributed by atoms with E-state index >= 15 is 0 Å². The van der Waals surface area contributed by atoms with Crippen LogP contribution in [0.3, 0.4) is 0 Å².